The molecule has 0 saturated heterocycles. The lowest BCUT2D eigenvalue weighted by Gasteiger charge is -2.13. The highest BCUT2D eigenvalue weighted by atomic mass is 19.4. The first-order chi connectivity index (χ1) is 14.2. The molecule has 0 heterocycles. The Kier molecular flexibility index (Phi) is 5.86. The molecule has 0 aliphatic rings. The number of hydrogen-bond acceptors (Lipinski definition) is 4. The fourth-order valence-electron chi connectivity index (χ4n) is 2.48. The number of alkyl halides is 3. The quantitative estimate of drug-likeness (QED) is 0.390. The second-order valence-electron chi connectivity index (χ2n) is 6.01. The number of nitro groups is 1. The van der Waals surface area contributed by atoms with Crippen LogP contribution in [0.15, 0.2) is 72.8 Å². The Bertz CT molecular complexity index is 1070. The van der Waals surface area contributed by atoms with E-state index in [-0.39, 0.29) is 22.8 Å². The smallest absolute Gasteiger partial charge is 0.416 e. The molecule has 0 aliphatic carbocycles. The summed E-state index contributed by atoms with van der Waals surface area (Å²) in [6, 6.07) is 15.2. The number of amides is 2. The van der Waals surface area contributed by atoms with Gasteiger partial charge in [-0.1, -0.05) is 18.2 Å². The molecule has 3 rings (SSSR count). The number of non-ortho nitro benzene ring substituents is 1. The molecule has 2 amide bonds. The molecule has 0 aromatic heterocycles. The van der Waals surface area contributed by atoms with Crippen LogP contribution in [0.4, 0.5) is 35.0 Å². The number of ether oxygens (including phenoxy) is 1. The number of benzene rings is 3. The lowest BCUT2D eigenvalue weighted by Crippen LogP contribution is -2.20. The van der Waals surface area contributed by atoms with E-state index in [0.717, 1.165) is 12.1 Å². The molecule has 0 spiro atoms. The molecule has 2 N–H and O–H groups in total. The van der Waals surface area contributed by atoms with Crippen LogP contribution in [0.2, 0.25) is 0 Å². The van der Waals surface area contributed by atoms with E-state index in [1.807, 2.05) is 0 Å². The maximum atomic E-state index is 12.8. The fourth-order valence-corrected chi connectivity index (χ4v) is 2.48. The average molecular weight is 417 g/mol. The number of nitro benzene ring substituents is 1. The van der Waals surface area contributed by atoms with Crippen molar-refractivity contribution in [2.45, 2.75) is 6.18 Å². The zero-order valence-corrected chi connectivity index (χ0v) is 15.1. The van der Waals surface area contributed by atoms with Gasteiger partial charge in [-0.05, 0) is 42.5 Å². The van der Waals surface area contributed by atoms with Crippen LogP contribution in [0.1, 0.15) is 5.56 Å². The molecule has 0 aliphatic heterocycles. The third-order valence-electron chi connectivity index (χ3n) is 3.86. The van der Waals surface area contributed by atoms with Crippen molar-refractivity contribution in [3.63, 3.8) is 0 Å². The van der Waals surface area contributed by atoms with Crippen LogP contribution >= 0.6 is 0 Å². The summed E-state index contributed by atoms with van der Waals surface area (Å²) < 4.78 is 44.0. The van der Waals surface area contributed by atoms with Gasteiger partial charge in [-0.15, -0.1) is 0 Å². The monoisotopic (exact) mass is 417 g/mol. The van der Waals surface area contributed by atoms with Gasteiger partial charge >= 0.3 is 12.2 Å². The van der Waals surface area contributed by atoms with Crippen LogP contribution < -0.4 is 15.4 Å². The summed E-state index contributed by atoms with van der Waals surface area (Å²) in [5.41, 5.74) is -0.771. The molecule has 3 aromatic carbocycles. The number of para-hydroxylation sites is 2. The number of rotatable bonds is 5. The van der Waals surface area contributed by atoms with E-state index >= 15 is 0 Å². The largest absolute Gasteiger partial charge is 0.455 e. The van der Waals surface area contributed by atoms with Gasteiger partial charge in [0.2, 0.25) is 0 Å². The van der Waals surface area contributed by atoms with Crippen LogP contribution in [0.25, 0.3) is 0 Å². The highest BCUT2D eigenvalue weighted by Gasteiger charge is 2.30. The summed E-state index contributed by atoms with van der Waals surface area (Å²) in [4.78, 5) is 22.4. The number of hydrogen-bond donors (Lipinski definition) is 2. The number of nitrogens with zero attached hydrogens (tertiary/aromatic N) is 1. The fraction of sp³-hybridized carbons (Fsp3) is 0.0500. The van der Waals surface area contributed by atoms with E-state index in [0.29, 0.717) is 5.75 Å². The van der Waals surface area contributed by atoms with E-state index in [1.165, 1.54) is 42.5 Å². The first-order valence-electron chi connectivity index (χ1n) is 8.49. The third-order valence-corrected chi connectivity index (χ3v) is 3.86. The normalized spacial score (nSPS) is 10.9. The van der Waals surface area contributed by atoms with Crippen LogP contribution in [0.5, 0.6) is 11.5 Å². The number of carbonyl (C=O) groups excluding carboxylic acids is 1. The maximum absolute atomic E-state index is 12.8. The first-order valence-corrected chi connectivity index (χ1v) is 8.49. The van der Waals surface area contributed by atoms with Gasteiger partial charge in [-0.2, -0.15) is 13.2 Å². The maximum Gasteiger partial charge on any atom is 0.416 e. The van der Waals surface area contributed by atoms with Crippen molar-refractivity contribution in [3.05, 3.63) is 88.5 Å². The number of urea groups is 1. The topological polar surface area (TPSA) is 93.5 Å². The summed E-state index contributed by atoms with van der Waals surface area (Å²) in [6.45, 7) is 0. The van der Waals surface area contributed by atoms with Crippen LogP contribution in [0, 0.1) is 10.1 Å². The van der Waals surface area contributed by atoms with Crippen molar-refractivity contribution in [2.24, 2.45) is 0 Å². The molecule has 30 heavy (non-hydrogen) atoms. The van der Waals surface area contributed by atoms with Gasteiger partial charge in [0.05, 0.1) is 16.2 Å². The predicted molar refractivity (Wildman–Crippen MR) is 104 cm³/mol. The van der Waals surface area contributed by atoms with Gasteiger partial charge in [0.15, 0.2) is 5.75 Å². The summed E-state index contributed by atoms with van der Waals surface area (Å²) in [5, 5.41) is 15.6. The summed E-state index contributed by atoms with van der Waals surface area (Å²) >= 11 is 0. The molecule has 0 radical (unpaired) electrons. The molecule has 7 nitrogen and oxygen atoms in total. The highest BCUT2D eigenvalue weighted by Crippen LogP contribution is 2.32. The molecule has 0 bridgehead atoms. The minimum atomic E-state index is -4.53. The van der Waals surface area contributed by atoms with E-state index in [4.69, 9.17) is 4.74 Å². The summed E-state index contributed by atoms with van der Waals surface area (Å²) in [6.07, 6.45) is -4.53. The molecule has 0 unspecified atom stereocenters. The first kappa shape index (κ1) is 20.6. The van der Waals surface area contributed by atoms with Gasteiger partial charge < -0.3 is 15.4 Å². The van der Waals surface area contributed by atoms with Gasteiger partial charge in [0, 0.05) is 17.8 Å². The molecule has 0 saturated carbocycles. The second kappa shape index (κ2) is 8.52. The van der Waals surface area contributed by atoms with Gasteiger partial charge in [0.1, 0.15) is 5.75 Å². The number of nitrogens with one attached hydrogen (secondary N) is 2. The SMILES string of the molecule is O=C(Nc1cccc(C(F)(F)F)c1)Nc1ccccc1Oc1ccc([N+](=O)[O-])cc1. The van der Waals surface area contributed by atoms with Gasteiger partial charge in [-0.25, -0.2) is 4.79 Å². The zero-order chi connectivity index (χ0) is 21.7. The van der Waals surface area contributed by atoms with Gasteiger partial charge in [0.25, 0.3) is 5.69 Å². The van der Waals surface area contributed by atoms with Crippen molar-refractivity contribution in [1.82, 2.24) is 0 Å². The minimum absolute atomic E-state index is 0.0314. The molecule has 0 fully saturated rings. The summed E-state index contributed by atoms with van der Waals surface area (Å²) in [7, 11) is 0. The van der Waals surface area contributed by atoms with Gasteiger partial charge in [-0.3, -0.25) is 10.1 Å². The molecule has 3 aromatic rings. The lowest BCUT2D eigenvalue weighted by atomic mass is 10.2. The van der Waals surface area contributed by atoms with E-state index in [9.17, 15) is 28.1 Å². The van der Waals surface area contributed by atoms with Crippen LogP contribution in [-0.2, 0) is 6.18 Å². The number of anilines is 2. The standard InChI is InChI=1S/C20H14F3N3O4/c21-20(22,23)13-4-3-5-14(12-13)24-19(27)25-17-6-1-2-7-18(17)30-16-10-8-15(9-11-16)26(28)29/h1-12H,(H2,24,25,27). The highest BCUT2D eigenvalue weighted by molar-refractivity contribution is 6.00. The Labute approximate surface area is 168 Å². The Balaban J connectivity index is 1.71. The Morgan fingerprint density at radius 3 is 2.30 bits per heavy atom. The van der Waals surface area contributed by atoms with Crippen molar-refractivity contribution < 1.29 is 27.6 Å². The van der Waals surface area contributed by atoms with Crippen molar-refractivity contribution in [1.29, 1.82) is 0 Å². The van der Waals surface area contributed by atoms with E-state index in [2.05, 4.69) is 10.6 Å². The molecular weight excluding hydrogens is 403 g/mol. The third kappa shape index (κ3) is 5.25. The number of carbonyl (C=O) groups is 1. The number of halogens is 3. The van der Waals surface area contributed by atoms with Crippen LogP contribution in [-0.4, -0.2) is 11.0 Å². The lowest BCUT2D eigenvalue weighted by molar-refractivity contribution is -0.384. The Morgan fingerprint density at radius 1 is 0.933 bits per heavy atom. The molecule has 10 heteroatoms. The van der Waals surface area contributed by atoms with Crippen molar-refractivity contribution in [2.75, 3.05) is 10.6 Å². The van der Waals surface area contributed by atoms with E-state index in [1.54, 1.807) is 18.2 Å². The van der Waals surface area contributed by atoms with Crippen molar-refractivity contribution in [3.8, 4) is 11.5 Å². The molecule has 154 valence electrons. The summed E-state index contributed by atoms with van der Waals surface area (Å²) in [5.74, 6) is 0.540. The molecule has 0 atom stereocenters. The second-order valence-corrected chi connectivity index (χ2v) is 6.01. The van der Waals surface area contributed by atoms with Crippen molar-refractivity contribution >= 4 is 23.1 Å². The zero-order valence-electron chi connectivity index (χ0n) is 15.1. The minimum Gasteiger partial charge on any atom is -0.455 e. The predicted octanol–water partition coefficient (Wildman–Crippen LogP) is 6.05. The Hall–Kier alpha value is -4.08. The van der Waals surface area contributed by atoms with Crippen LogP contribution in [0.3, 0.4) is 0 Å². The average Bonchev–Trinajstić information content (AvgIpc) is 2.69. The van der Waals surface area contributed by atoms with E-state index < -0.39 is 22.7 Å². The molecular formula is C20H14F3N3O4. The Morgan fingerprint density at radius 2 is 1.63 bits per heavy atom.